The second kappa shape index (κ2) is 3.00. The van der Waals surface area contributed by atoms with Crippen LogP contribution in [0.1, 0.15) is 51.9 Å². The molecule has 0 radical (unpaired) electrons. The smallest absolute Gasteiger partial charge is 0.0326 e. The summed E-state index contributed by atoms with van der Waals surface area (Å²) in [6, 6.07) is 0. The first kappa shape index (κ1) is 8.32. The largest absolute Gasteiger partial charge is 0.0622 e. The first-order valence-corrected chi connectivity index (χ1v) is 6.36. The minimum atomic E-state index is 1.06. The predicted molar refractivity (Wildman–Crippen MR) is 55.4 cm³/mol. The maximum atomic E-state index is 2.52. The maximum Gasteiger partial charge on any atom is -0.0326 e. The van der Waals surface area contributed by atoms with Gasteiger partial charge >= 0.3 is 0 Å². The summed E-state index contributed by atoms with van der Waals surface area (Å²) in [6.45, 7) is 2.52. The summed E-state index contributed by atoms with van der Waals surface area (Å²) < 4.78 is 0. The van der Waals surface area contributed by atoms with Gasteiger partial charge in [0.2, 0.25) is 0 Å². The van der Waals surface area contributed by atoms with E-state index in [0.29, 0.717) is 0 Å². The molecule has 0 aromatic heterocycles. The molecule has 13 heavy (non-hydrogen) atoms. The third-order valence-electron chi connectivity index (χ3n) is 5.33. The molecule has 0 heterocycles. The van der Waals surface area contributed by atoms with Gasteiger partial charge in [-0.2, -0.15) is 0 Å². The Morgan fingerprint density at radius 1 is 0.769 bits per heavy atom. The van der Waals surface area contributed by atoms with Crippen LogP contribution in [-0.4, -0.2) is 0 Å². The van der Waals surface area contributed by atoms with Gasteiger partial charge in [0, 0.05) is 0 Å². The number of hydrogen-bond acceptors (Lipinski definition) is 0. The van der Waals surface area contributed by atoms with Crippen LogP contribution in [0.3, 0.4) is 0 Å². The summed E-state index contributed by atoms with van der Waals surface area (Å²) in [5, 5.41) is 0. The van der Waals surface area contributed by atoms with Crippen LogP contribution < -0.4 is 0 Å². The van der Waals surface area contributed by atoms with Crippen LogP contribution in [0.2, 0.25) is 0 Å². The third-order valence-corrected chi connectivity index (χ3v) is 5.33. The zero-order chi connectivity index (χ0) is 8.84. The van der Waals surface area contributed by atoms with Crippen molar-refractivity contribution in [2.24, 2.45) is 29.6 Å². The van der Waals surface area contributed by atoms with Gasteiger partial charge in [0.1, 0.15) is 0 Å². The van der Waals surface area contributed by atoms with E-state index in [-0.39, 0.29) is 0 Å². The summed E-state index contributed by atoms with van der Waals surface area (Å²) in [6.07, 6.45) is 11.0. The van der Waals surface area contributed by atoms with Crippen molar-refractivity contribution in [1.29, 1.82) is 0 Å². The van der Waals surface area contributed by atoms with Crippen LogP contribution in [-0.2, 0) is 0 Å². The van der Waals surface area contributed by atoms with Crippen molar-refractivity contribution in [2.45, 2.75) is 51.9 Å². The predicted octanol–water partition coefficient (Wildman–Crippen LogP) is 3.86. The van der Waals surface area contributed by atoms with Gasteiger partial charge in [0.05, 0.1) is 0 Å². The lowest BCUT2D eigenvalue weighted by molar-refractivity contribution is 0.0518. The second-order valence-corrected chi connectivity index (χ2v) is 5.82. The molecule has 5 atom stereocenters. The van der Waals surface area contributed by atoms with E-state index in [1.165, 1.54) is 5.92 Å². The van der Waals surface area contributed by atoms with Gasteiger partial charge in [-0.3, -0.25) is 0 Å². The highest BCUT2D eigenvalue weighted by atomic mass is 14.5. The molecule has 0 amide bonds. The molecule has 0 bridgehead atoms. The van der Waals surface area contributed by atoms with E-state index in [9.17, 15) is 0 Å². The second-order valence-electron chi connectivity index (χ2n) is 5.82. The van der Waals surface area contributed by atoms with Gasteiger partial charge in [-0.1, -0.05) is 26.2 Å². The maximum absolute atomic E-state index is 2.52. The van der Waals surface area contributed by atoms with E-state index >= 15 is 0 Å². The molecule has 0 saturated heterocycles. The zero-order valence-electron chi connectivity index (χ0n) is 8.84. The highest BCUT2D eigenvalue weighted by molar-refractivity contribution is 4.96. The summed E-state index contributed by atoms with van der Waals surface area (Å²) in [5.74, 6) is 5.69. The van der Waals surface area contributed by atoms with Gasteiger partial charge in [0.25, 0.3) is 0 Å². The Morgan fingerprint density at radius 3 is 2.31 bits per heavy atom. The van der Waals surface area contributed by atoms with E-state index in [1.807, 2.05) is 0 Å². The van der Waals surface area contributed by atoms with Gasteiger partial charge in [-0.25, -0.2) is 0 Å². The standard InChI is InChI=1S/C13H22/c1-9-5-6-11-8-7-10-3-2-4-12(9)13(10)11/h9-13H,2-8H2,1H3/t9-,10?,11?,12?,13?/m1/s1. The van der Waals surface area contributed by atoms with Crippen LogP contribution >= 0.6 is 0 Å². The van der Waals surface area contributed by atoms with E-state index < -0.39 is 0 Å². The molecule has 74 valence electrons. The van der Waals surface area contributed by atoms with Crippen molar-refractivity contribution in [3.8, 4) is 0 Å². The summed E-state index contributed by atoms with van der Waals surface area (Å²) in [7, 11) is 0. The fraction of sp³-hybridized carbons (Fsp3) is 1.00. The first-order valence-electron chi connectivity index (χ1n) is 6.36. The highest BCUT2D eigenvalue weighted by Gasteiger charge is 2.46. The minimum Gasteiger partial charge on any atom is -0.0622 e. The van der Waals surface area contributed by atoms with Crippen LogP contribution in [0, 0.1) is 29.6 Å². The molecule has 3 saturated carbocycles. The van der Waals surface area contributed by atoms with Crippen molar-refractivity contribution in [1.82, 2.24) is 0 Å². The van der Waals surface area contributed by atoms with E-state index in [2.05, 4.69) is 6.92 Å². The molecule has 0 nitrogen and oxygen atoms in total. The Morgan fingerprint density at radius 2 is 1.46 bits per heavy atom. The molecular formula is C13H22. The lowest BCUT2D eigenvalue weighted by Crippen LogP contribution is -2.36. The Kier molecular flexibility index (Phi) is 1.92. The average Bonchev–Trinajstić information content (AvgIpc) is 2.57. The SMILES string of the molecule is C[C@@H]1CCC2CCC3CCCC1C32. The average molecular weight is 178 g/mol. The van der Waals surface area contributed by atoms with E-state index in [4.69, 9.17) is 0 Å². The first-order chi connectivity index (χ1) is 6.36. The minimum absolute atomic E-state index is 1.06. The van der Waals surface area contributed by atoms with Gasteiger partial charge < -0.3 is 0 Å². The van der Waals surface area contributed by atoms with Gasteiger partial charge in [0.15, 0.2) is 0 Å². The summed E-state index contributed by atoms with van der Waals surface area (Å²) in [4.78, 5) is 0. The molecule has 0 N–H and O–H groups in total. The molecule has 0 aromatic carbocycles. The number of hydrogen-bond donors (Lipinski definition) is 0. The topological polar surface area (TPSA) is 0 Å². The Labute approximate surface area is 82.1 Å². The zero-order valence-corrected chi connectivity index (χ0v) is 8.84. The molecule has 4 unspecified atom stereocenters. The molecule has 3 aliphatic carbocycles. The van der Waals surface area contributed by atoms with Crippen LogP contribution in [0.25, 0.3) is 0 Å². The van der Waals surface area contributed by atoms with Crippen molar-refractivity contribution in [3.63, 3.8) is 0 Å². The fourth-order valence-electron chi connectivity index (χ4n) is 4.73. The molecule has 0 heteroatoms. The lowest BCUT2D eigenvalue weighted by atomic mass is 9.61. The van der Waals surface area contributed by atoms with Crippen molar-refractivity contribution >= 4 is 0 Å². The van der Waals surface area contributed by atoms with Crippen LogP contribution in [0.5, 0.6) is 0 Å². The van der Waals surface area contributed by atoms with E-state index in [0.717, 1.165) is 23.7 Å². The quantitative estimate of drug-likeness (QED) is 0.528. The lowest BCUT2D eigenvalue weighted by Gasteiger charge is -2.44. The van der Waals surface area contributed by atoms with Crippen LogP contribution in [0.15, 0.2) is 0 Å². The number of rotatable bonds is 0. The molecule has 3 fully saturated rings. The molecule has 0 aliphatic heterocycles. The van der Waals surface area contributed by atoms with Crippen molar-refractivity contribution < 1.29 is 0 Å². The summed E-state index contributed by atoms with van der Waals surface area (Å²) >= 11 is 0. The van der Waals surface area contributed by atoms with Gasteiger partial charge in [-0.15, -0.1) is 0 Å². The fourth-order valence-corrected chi connectivity index (χ4v) is 4.73. The molecule has 0 aromatic rings. The molecule has 0 spiro atoms. The highest BCUT2D eigenvalue weighted by Crippen LogP contribution is 2.55. The third kappa shape index (κ3) is 1.17. The van der Waals surface area contributed by atoms with E-state index in [1.54, 1.807) is 44.9 Å². The Hall–Kier alpha value is 0. The van der Waals surface area contributed by atoms with Crippen molar-refractivity contribution in [3.05, 3.63) is 0 Å². The van der Waals surface area contributed by atoms with Gasteiger partial charge in [-0.05, 0) is 55.3 Å². The summed E-state index contributed by atoms with van der Waals surface area (Å²) in [5.41, 5.74) is 0. The Balaban J connectivity index is 1.86. The normalized spacial score (nSPS) is 54.7. The molecule has 3 aliphatic rings. The Bertz CT molecular complexity index is 190. The van der Waals surface area contributed by atoms with Crippen LogP contribution in [0.4, 0.5) is 0 Å². The van der Waals surface area contributed by atoms with Crippen molar-refractivity contribution in [2.75, 3.05) is 0 Å². The monoisotopic (exact) mass is 178 g/mol. The molecule has 3 rings (SSSR count). The molecular weight excluding hydrogens is 156 g/mol.